The average Bonchev–Trinajstić information content (AvgIpc) is 3.16. The van der Waals surface area contributed by atoms with E-state index in [4.69, 9.17) is 4.74 Å². The molecular formula is C32H42BrN5O4. The van der Waals surface area contributed by atoms with Gasteiger partial charge in [-0.25, -0.2) is 9.59 Å². The summed E-state index contributed by atoms with van der Waals surface area (Å²) in [7, 11) is 4.15. The van der Waals surface area contributed by atoms with Crippen molar-refractivity contribution in [3.63, 3.8) is 0 Å². The molecule has 3 heterocycles. The average molecular weight is 641 g/mol. The Morgan fingerprint density at radius 1 is 1.00 bits per heavy atom. The zero-order valence-corrected chi connectivity index (χ0v) is 26.4. The van der Waals surface area contributed by atoms with Gasteiger partial charge in [0.25, 0.3) is 5.91 Å². The molecule has 2 fully saturated rings. The minimum absolute atomic E-state index is 0.0451. The first kappa shape index (κ1) is 30.4. The third-order valence-corrected chi connectivity index (χ3v) is 9.84. The third kappa shape index (κ3) is 7.09. The minimum Gasteiger partial charge on any atom is -0.436 e. The van der Waals surface area contributed by atoms with Crippen molar-refractivity contribution >= 4 is 39.6 Å². The van der Waals surface area contributed by atoms with Crippen LogP contribution in [0.5, 0.6) is 0 Å². The highest BCUT2D eigenvalue weighted by atomic mass is 79.9. The van der Waals surface area contributed by atoms with Crippen LogP contribution in [-0.2, 0) is 22.4 Å². The SMILES string of the molecule is Cc1ccc(C[C@@H](OC(=O)N2CCC(N3CCc4ccccc4NC3=O)CC2)C(=O)N2CCC(N(C)C)CC2)cc1Br. The molecule has 0 radical (unpaired) electrons. The first-order chi connectivity index (χ1) is 20.2. The van der Waals surface area contributed by atoms with Crippen LogP contribution in [0.1, 0.15) is 42.4 Å². The topological polar surface area (TPSA) is 85.4 Å². The smallest absolute Gasteiger partial charge is 0.410 e. The van der Waals surface area contributed by atoms with Crippen LogP contribution < -0.4 is 5.32 Å². The summed E-state index contributed by atoms with van der Waals surface area (Å²) in [5, 5.41) is 3.05. The lowest BCUT2D eigenvalue weighted by Crippen LogP contribution is -2.52. The van der Waals surface area contributed by atoms with Crippen molar-refractivity contribution in [3.8, 4) is 0 Å². The van der Waals surface area contributed by atoms with Gasteiger partial charge in [0.15, 0.2) is 6.10 Å². The maximum Gasteiger partial charge on any atom is 0.410 e. The summed E-state index contributed by atoms with van der Waals surface area (Å²) in [6.45, 7) is 4.92. The van der Waals surface area contributed by atoms with Crippen LogP contribution in [0.15, 0.2) is 46.9 Å². The van der Waals surface area contributed by atoms with E-state index in [1.165, 1.54) is 0 Å². The summed E-state index contributed by atoms with van der Waals surface area (Å²) < 4.78 is 6.96. The molecule has 42 heavy (non-hydrogen) atoms. The number of amides is 4. The number of hydrogen-bond acceptors (Lipinski definition) is 5. The maximum atomic E-state index is 13.7. The van der Waals surface area contributed by atoms with Crippen LogP contribution >= 0.6 is 15.9 Å². The van der Waals surface area contributed by atoms with Crippen molar-refractivity contribution in [1.29, 1.82) is 0 Å². The number of hydrogen-bond donors (Lipinski definition) is 1. The number of urea groups is 1. The van der Waals surface area contributed by atoms with Crippen LogP contribution in [0.4, 0.5) is 15.3 Å². The molecule has 226 valence electrons. The lowest BCUT2D eigenvalue weighted by molar-refractivity contribution is -0.142. The van der Waals surface area contributed by atoms with Crippen LogP contribution in [0, 0.1) is 6.92 Å². The highest BCUT2D eigenvalue weighted by Gasteiger charge is 2.35. The van der Waals surface area contributed by atoms with Crippen LogP contribution in [-0.4, -0.2) is 103 Å². The standard InChI is InChI=1S/C32H42BrN5O4/c1-22-8-9-23(20-27(22)33)21-29(30(39)36-15-11-25(12-16-36)35(2)3)42-32(41)37-17-13-26(14-18-37)38-19-10-24-6-4-5-7-28(24)34-31(38)40/h4-9,20,25-26,29H,10-19,21H2,1-3H3,(H,34,40)/t29-/m1/s1. The van der Waals surface area contributed by atoms with Gasteiger partial charge in [-0.1, -0.05) is 46.3 Å². The number of carbonyl (C=O) groups excluding carboxylic acids is 3. The fourth-order valence-corrected chi connectivity index (χ4v) is 6.68. The monoisotopic (exact) mass is 639 g/mol. The lowest BCUT2D eigenvalue weighted by atomic mass is 10.0. The first-order valence-corrected chi connectivity index (χ1v) is 15.8. The molecule has 5 rings (SSSR count). The molecule has 1 N–H and O–H groups in total. The minimum atomic E-state index is -0.893. The van der Waals surface area contributed by atoms with Crippen LogP contribution in [0.2, 0.25) is 0 Å². The molecule has 4 amide bonds. The molecule has 3 aliphatic heterocycles. The Kier molecular flexibility index (Phi) is 9.73. The van der Waals surface area contributed by atoms with Crippen molar-refractivity contribution in [3.05, 3.63) is 63.6 Å². The molecule has 0 bridgehead atoms. The Hall–Kier alpha value is -3.11. The van der Waals surface area contributed by atoms with E-state index in [9.17, 15) is 14.4 Å². The molecule has 0 unspecified atom stereocenters. The van der Waals surface area contributed by atoms with E-state index in [1.807, 2.05) is 53.1 Å². The predicted octanol–water partition coefficient (Wildman–Crippen LogP) is 4.91. The number of nitrogens with one attached hydrogen (secondary N) is 1. The predicted molar refractivity (Wildman–Crippen MR) is 167 cm³/mol. The Labute approximate surface area is 257 Å². The number of piperidine rings is 2. The summed E-state index contributed by atoms with van der Waals surface area (Å²) >= 11 is 3.59. The van der Waals surface area contributed by atoms with Crippen molar-refractivity contribution in [1.82, 2.24) is 19.6 Å². The molecule has 0 saturated carbocycles. The molecule has 0 aliphatic carbocycles. The molecule has 9 nitrogen and oxygen atoms in total. The van der Waals surface area contributed by atoms with E-state index < -0.39 is 12.2 Å². The highest BCUT2D eigenvalue weighted by Crippen LogP contribution is 2.26. The zero-order valence-electron chi connectivity index (χ0n) is 24.9. The summed E-state index contributed by atoms with van der Waals surface area (Å²) in [6.07, 6.45) is 2.89. The number of halogens is 1. The summed E-state index contributed by atoms with van der Waals surface area (Å²) in [5.41, 5.74) is 4.05. The van der Waals surface area contributed by atoms with E-state index in [1.54, 1.807) is 4.90 Å². The molecular weight excluding hydrogens is 598 g/mol. The molecule has 1 atom stereocenters. The van der Waals surface area contributed by atoms with Crippen molar-refractivity contribution in [2.24, 2.45) is 0 Å². The van der Waals surface area contributed by atoms with E-state index in [0.29, 0.717) is 58.0 Å². The van der Waals surface area contributed by atoms with Gasteiger partial charge in [-0.05, 0) is 81.9 Å². The number of anilines is 1. The Morgan fingerprint density at radius 2 is 1.69 bits per heavy atom. The van der Waals surface area contributed by atoms with E-state index in [0.717, 1.165) is 46.1 Å². The van der Waals surface area contributed by atoms with E-state index in [-0.39, 0.29) is 18.0 Å². The van der Waals surface area contributed by atoms with Gasteiger partial charge in [0.05, 0.1) is 0 Å². The molecule has 3 aliphatic rings. The van der Waals surface area contributed by atoms with Crippen LogP contribution in [0.25, 0.3) is 0 Å². The van der Waals surface area contributed by atoms with Gasteiger partial charge in [-0.2, -0.15) is 0 Å². The first-order valence-electron chi connectivity index (χ1n) is 15.0. The maximum absolute atomic E-state index is 13.7. The number of likely N-dealkylation sites (tertiary alicyclic amines) is 2. The molecule has 10 heteroatoms. The summed E-state index contributed by atoms with van der Waals surface area (Å²) in [6, 6.07) is 14.3. The number of carbonyl (C=O) groups is 3. The summed E-state index contributed by atoms with van der Waals surface area (Å²) in [4.78, 5) is 47.8. The Balaban J connectivity index is 1.21. The van der Waals surface area contributed by atoms with Gasteiger partial charge < -0.3 is 29.7 Å². The second kappa shape index (κ2) is 13.5. The number of ether oxygens (including phenoxy) is 1. The molecule has 2 aromatic rings. The van der Waals surface area contributed by atoms with E-state index >= 15 is 0 Å². The van der Waals surface area contributed by atoms with Gasteiger partial charge in [0.1, 0.15) is 0 Å². The Morgan fingerprint density at radius 3 is 2.38 bits per heavy atom. The Bertz CT molecular complexity index is 1290. The lowest BCUT2D eigenvalue weighted by Gasteiger charge is -2.38. The van der Waals surface area contributed by atoms with Gasteiger partial charge in [-0.15, -0.1) is 0 Å². The number of benzene rings is 2. The van der Waals surface area contributed by atoms with Gasteiger partial charge in [-0.3, -0.25) is 4.79 Å². The van der Waals surface area contributed by atoms with E-state index in [2.05, 4.69) is 46.3 Å². The van der Waals surface area contributed by atoms with Gasteiger partial charge in [0.2, 0.25) is 0 Å². The quantitative estimate of drug-likeness (QED) is 0.485. The molecule has 0 aromatic heterocycles. The van der Waals surface area contributed by atoms with Crippen molar-refractivity contribution < 1.29 is 19.1 Å². The zero-order chi connectivity index (χ0) is 29.8. The molecule has 0 spiro atoms. The van der Waals surface area contributed by atoms with Crippen molar-refractivity contribution in [2.45, 2.75) is 63.6 Å². The normalized spacial score (nSPS) is 19.3. The second-order valence-corrected chi connectivity index (χ2v) is 12.8. The fraction of sp³-hybridized carbons (Fsp3) is 0.531. The van der Waals surface area contributed by atoms with Gasteiger partial charge in [0, 0.05) is 61.4 Å². The number of aryl methyl sites for hydroxylation is 1. The highest BCUT2D eigenvalue weighted by molar-refractivity contribution is 9.10. The number of rotatable bonds is 6. The largest absolute Gasteiger partial charge is 0.436 e. The number of para-hydroxylation sites is 1. The second-order valence-electron chi connectivity index (χ2n) is 11.9. The summed E-state index contributed by atoms with van der Waals surface area (Å²) in [5.74, 6) is -0.132. The fourth-order valence-electron chi connectivity index (χ4n) is 6.26. The molecule has 2 aromatic carbocycles. The van der Waals surface area contributed by atoms with Gasteiger partial charge >= 0.3 is 12.1 Å². The number of nitrogens with zero attached hydrogens (tertiary/aromatic N) is 4. The number of fused-ring (bicyclic) bond motifs is 1. The van der Waals surface area contributed by atoms with Crippen molar-refractivity contribution in [2.75, 3.05) is 52.1 Å². The van der Waals surface area contributed by atoms with Crippen LogP contribution in [0.3, 0.4) is 0 Å². The third-order valence-electron chi connectivity index (χ3n) is 8.99. The molecule has 2 saturated heterocycles.